The van der Waals surface area contributed by atoms with Gasteiger partial charge in [0, 0.05) is 10.8 Å². The Morgan fingerprint density at radius 3 is 1.79 bits per heavy atom. The Kier molecular flexibility index (Phi) is 7.20. The molecule has 0 radical (unpaired) electrons. The van der Waals surface area contributed by atoms with E-state index in [2.05, 4.69) is 209 Å². The van der Waals surface area contributed by atoms with Crippen LogP contribution < -0.4 is 0 Å². The van der Waals surface area contributed by atoms with Crippen LogP contribution in [0, 0.1) is 5.41 Å². The topological polar surface area (TPSA) is 0 Å². The van der Waals surface area contributed by atoms with E-state index in [0.29, 0.717) is 0 Å². The van der Waals surface area contributed by atoms with Gasteiger partial charge in [-0.3, -0.25) is 0 Å². The van der Waals surface area contributed by atoms with Gasteiger partial charge in [-0.15, -0.1) is 0 Å². The molecule has 3 aliphatic rings. The van der Waals surface area contributed by atoms with Crippen molar-refractivity contribution in [2.24, 2.45) is 5.41 Å². The highest BCUT2D eigenvalue weighted by Crippen LogP contribution is 2.52. The van der Waals surface area contributed by atoms with Crippen molar-refractivity contribution in [1.29, 1.82) is 0 Å². The average molecular weight is 715 g/mol. The van der Waals surface area contributed by atoms with E-state index in [1.54, 1.807) is 0 Å². The molecule has 56 heavy (non-hydrogen) atoms. The maximum Gasteiger partial charge on any atom is 0.0159 e. The Labute approximate surface area is 329 Å². The minimum atomic E-state index is -0.105. The first-order valence-electron chi connectivity index (χ1n) is 20.0. The van der Waals surface area contributed by atoms with Crippen molar-refractivity contribution in [2.75, 3.05) is 0 Å². The number of hydrogen-bond donors (Lipinski definition) is 0. The van der Waals surface area contributed by atoms with Crippen molar-refractivity contribution in [3.63, 3.8) is 0 Å². The number of benzene rings is 8. The summed E-state index contributed by atoms with van der Waals surface area (Å²) in [7, 11) is 0. The van der Waals surface area contributed by atoms with Gasteiger partial charge in [0.1, 0.15) is 0 Å². The molecule has 1 unspecified atom stereocenters. The maximum atomic E-state index is 2.49. The second-order valence-corrected chi connectivity index (χ2v) is 16.7. The Morgan fingerprint density at radius 1 is 0.446 bits per heavy atom. The van der Waals surface area contributed by atoms with Gasteiger partial charge in [0.2, 0.25) is 0 Å². The van der Waals surface area contributed by atoms with Crippen LogP contribution in [0.4, 0.5) is 0 Å². The van der Waals surface area contributed by atoms with E-state index < -0.39 is 0 Å². The summed E-state index contributed by atoms with van der Waals surface area (Å²) in [5.74, 6) is 0. The van der Waals surface area contributed by atoms with E-state index in [4.69, 9.17) is 0 Å². The van der Waals surface area contributed by atoms with Crippen molar-refractivity contribution in [3.05, 3.63) is 216 Å². The van der Waals surface area contributed by atoms with E-state index in [1.807, 2.05) is 0 Å². The van der Waals surface area contributed by atoms with E-state index in [-0.39, 0.29) is 10.8 Å². The monoisotopic (exact) mass is 714 g/mol. The first-order valence-corrected chi connectivity index (χ1v) is 20.0. The third-order valence-electron chi connectivity index (χ3n) is 13.0. The normalized spacial score (nSPS) is 17.9. The average Bonchev–Trinajstić information content (AvgIpc) is 3.24. The molecule has 8 aromatic carbocycles. The molecule has 8 aromatic rings. The SMILES string of the molecule is CC12C=CC(c3c4ccccc4c(-c4ccccc4-c4ccccc4)c4ccccc34)=CC1=CC(c1cc3c4c(cccc4c1)-c1ccccc1C3(C)C)=CC2. The van der Waals surface area contributed by atoms with E-state index in [1.165, 1.54) is 105 Å². The molecule has 0 saturated heterocycles. The van der Waals surface area contributed by atoms with Gasteiger partial charge < -0.3 is 0 Å². The predicted octanol–water partition coefficient (Wildman–Crippen LogP) is 15.2. The van der Waals surface area contributed by atoms with Crippen LogP contribution in [-0.4, -0.2) is 0 Å². The molecule has 0 saturated carbocycles. The van der Waals surface area contributed by atoms with E-state index in [9.17, 15) is 0 Å². The fourth-order valence-electron chi connectivity index (χ4n) is 10.1. The van der Waals surface area contributed by atoms with Crippen molar-refractivity contribution in [1.82, 2.24) is 0 Å². The second-order valence-electron chi connectivity index (χ2n) is 16.7. The van der Waals surface area contributed by atoms with Gasteiger partial charge in [0.15, 0.2) is 0 Å². The highest BCUT2D eigenvalue weighted by molar-refractivity contribution is 6.21. The zero-order valence-electron chi connectivity index (χ0n) is 32.1. The van der Waals surface area contributed by atoms with Gasteiger partial charge in [-0.2, -0.15) is 0 Å². The minimum Gasteiger partial charge on any atom is -0.0755 e. The summed E-state index contributed by atoms with van der Waals surface area (Å²) >= 11 is 0. The molecule has 266 valence electrons. The largest absolute Gasteiger partial charge is 0.0755 e. The molecule has 0 spiro atoms. The van der Waals surface area contributed by atoms with Gasteiger partial charge >= 0.3 is 0 Å². The van der Waals surface area contributed by atoms with E-state index >= 15 is 0 Å². The summed E-state index contributed by atoms with van der Waals surface area (Å²) in [5.41, 5.74) is 16.9. The maximum absolute atomic E-state index is 2.49. The quantitative estimate of drug-likeness (QED) is 0.159. The van der Waals surface area contributed by atoms with Gasteiger partial charge in [-0.05, 0) is 123 Å². The lowest BCUT2D eigenvalue weighted by atomic mass is 9.67. The molecule has 0 heteroatoms. The highest BCUT2D eigenvalue weighted by Gasteiger charge is 2.35. The molecule has 0 amide bonds. The molecule has 0 nitrogen and oxygen atoms in total. The summed E-state index contributed by atoms with van der Waals surface area (Å²) in [5, 5.41) is 7.82. The molecule has 0 aromatic heterocycles. The second kappa shape index (κ2) is 12.3. The highest BCUT2D eigenvalue weighted by atomic mass is 14.4. The molecule has 0 heterocycles. The van der Waals surface area contributed by atoms with Gasteiger partial charge in [-0.1, -0.05) is 197 Å². The van der Waals surface area contributed by atoms with Crippen LogP contribution in [0.2, 0.25) is 0 Å². The molecule has 11 rings (SSSR count). The van der Waals surface area contributed by atoms with Crippen molar-refractivity contribution >= 4 is 43.5 Å². The standard InChI is InChI=1S/C56H42/c1-55(2)50-27-14-13-20-43(50)45-26-15-18-38-32-40(35-51(55)53(38)45)37-28-30-56(3)31-29-39(34-41(56)33-37)52-46-22-9-11-24-48(46)54(49-25-12-10-23-47(49)52)44-21-8-7-19-42(44)36-16-5-4-6-17-36/h4-29,31-35H,30H2,1-3H3. The van der Waals surface area contributed by atoms with E-state index in [0.717, 1.165) is 6.42 Å². The molecule has 0 bridgehead atoms. The molecule has 1 atom stereocenters. The lowest BCUT2D eigenvalue weighted by Crippen LogP contribution is -2.24. The Morgan fingerprint density at radius 2 is 1.05 bits per heavy atom. The van der Waals surface area contributed by atoms with Crippen molar-refractivity contribution in [3.8, 4) is 33.4 Å². The van der Waals surface area contributed by atoms with Crippen LogP contribution in [0.15, 0.2) is 194 Å². The predicted molar refractivity (Wildman–Crippen MR) is 240 cm³/mol. The van der Waals surface area contributed by atoms with Crippen LogP contribution in [0.25, 0.3) is 76.8 Å². The Hall–Kier alpha value is -6.50. The molecule has 0 N–H and O–H groups in total. The van der Waals surface area contributed by atoms with Crippen LogP contribution in [0.1, 0.15) is 49.4 Å². The first kappa shape index (κ1) is 32.9. The van der Waals surface area contributed by atoms with Gasteiger partial charge in [0.05, 0.1) is 0 Å². The van der Waals surface area contributed by atoms with Crippen LogP contribution in [-0.2, 0) is 5.41 Å². The van der Waals surface area contributed by atoms with Crippen LogP contribution >= 0.6 is 0 Å². The zero-order valence-corrected chi connectivity index (χ0v) is 32.1. The number of allylic oxidation sites excluding steroid dienone is 8. The summed E-state index contributed by atoms with van der Waals surface area (Å²) in [6, 6.07) is 58.5. The minimum absolute atomic E-state index is 0.0658. The molecule has 3 aliphatic carbocycles. The summed E-state index contributed by atoms with van der Waals surface area (Å²) < 4.78 is 0. The smallest absolute Gasteiger partial charge is 0.0159 e. The molecule has 0 fully saturated rings. The van der Waals surface area contributed by atoms with Crippen LogP contribution in [0.5, 0.6) is 0 Å². The third kappa shape index (κ3) is 4.85. The number of fused-ring (bicyclic) bond motifs is 5. The van der Waals surface area contributed by atoms with Gasteiger partial charge in [0.25, 0.3) is 0 Å². The third-order valence-corrected chi connectivity index (χ3v) is 13.0. The fraction of sp³-hybridized carbons (Fsp3) is 0.107. The Balaban J connectivity index is 1.08. The van der Waals surface area contributed by atoms with Gasteiger partial charge in [-0.25, -0.2) is 0 Å². The first-order chi connectivity index (χ1) is 27.4. The molecular formula is C56H42. The van der Waals surface area contributed by atoms with Crippen LogP contribution in [0.3, 0.4) is 0 Å². The number of hydrogen-bond acceptors (Lipinski definition) is 0. The Bertz CT molecular complexity index is 3010. The van der Waals surface area contributed by atoms with Crippen molar-refractivity contribution < 1.29 is 0 Å². The summed E-state index contributed by atoms with van der Waals surface area (Å²) in [6.07, 6.45) is 13.2. The summed E-state index contributed by atoms with van der Waals surface area (Å²) in [4.78, 5) is 0. The summed E-state index contributed by atoms with van der Waals surface area (Å²) in [6.45, 7) is 7.19. The molecular weight excluding hydrogens is 673 g/mol. The fourth-order valence-corrected chi connectivity index (χ4v) is 10.1. The zero-order chi connectivity index (χ0) is 37.6. The lowest BCUT2D eigenvalue weighted by molar-refractivity contribution is 0.529. The number of rotatable bonds is 4. The molecule has 0 aliphatic heterocycles. The van der Waals surface area contributed by atoms with Crippen molar-refractivity contribution in [2.45, 2.75) is 32.6 Å². The lowest BCUT2D eigenvalue weighted by Gasteiger charge is -2.36.